The van der Waals surface area contributed by atoms with Gasteiger partial charge < -0.3 is 0 Å². The third kappa shape index (κ3) is 10.0. The summed E-state index contributed by atoms with van der Waals surface area (Å²) in [6.07, 6.45) is -5.95. The minimum atomic E-state index is -4.91. The summed E-state index contributed by atoms with van der Waals surface area (Å²) in [4.78, 5) is 14.6. The van der Waals surface area contributed by atoms with Crippen LogP contribution < -0.4 is 31.2 Å². The van der Waals surface area contributed by atoms with E-state index in [-0.39, 0.29) is 12.0 Å². The molecule has 0 aromatic carbocycles. The number of alkyl halides is 7. The molecular weight excluding hydrogens is 565 g/mol. The van der Waals surface area contributed by atoms with Gasteiger partial charge in [-0.1, -0.05) is 0 Å². The molecule has 0 fully saturated rings. The van der Waals surface area contributed by atoms with Gasteiger partial charge in [0.15, 0.2) is 0 Å². The molecule has 0 spiro atoms. The molecule has 0 saturated carbocycles. The summed E-state index contributed by atoms with van der Waals surface area (Å²) in [6.45, 7) is 2.99. The molecule has 0 aliphatic heterocycles. The zero-order valence-corrected chi connectivity index (χ0v) is 19.3. The number of sulfonamides is 1. The van der Waals surface area contributed by atoms with Crippen LogP contribution in [0.4, 0.5) is 26.3 Å². The van der Waals surface area contributed by atoms with Crippen LogP contribution in [0.1, 0.15) is 12.8 Å². The molecular formula is C18H20F6IN2O3S-. The van der Waals surface area contributed by atoms with Gasteiger partial charge in [0.25, 0.3) is 0 Å². The van der Waals surface area contributed by atoms with Crippen LogP contribution in [0.15, 0.2) is 57.4 Å². The fraction of sp³-hybridized carbons (Fsp3) is 0.389. The Labute approximate surface area is 186 Å². The molecule has 0 aromatic rings. The van der Waals surface area contributed by atoms with Crippen molar-refractivity contribution in [1.82, 2.24) is 10.0 Å². The third-order valence-corrected chi connectivity index (χ3v) is 6.43. The van der Waals surface area contributed by atoms with Gasteiger partial charge >= 0.3 is 187 Å². The number of hydrogen-bond acceptors (Lipinski definition) is 3. The van der Waals surface area contributed by atoms with Gasteiger partial charge in [-0.3, -0.25) is 0 Å². The quantitative estimate of drug-likeness (QED) is 0.188. The van der Waals surface area contributed by atoms with Crippen LogP contribution in [0.2, 0.25) is 0 Å². The van der Waals surface area contributed by atoms with Gasteiger partial charge in [-0.2, -0.15) is 0 Å². The van der Waals surface area contributed by atoms with Crippen molar-refractivity contribution in [3.8, 4) is 0 Å². The molecule has 0 heterocycles. The van der Waals surface area contributed by atoms with Crippen LogP contribution in [-0.2, 0) is 14.8 Å². The summed E-state index contributed by atoms with van der Waals surface area (Å²) in [5, 5.41) is 2.04. The molecule has 1 aliphatic carbocycles. The van der Waals surface area contributed by atoms with Crippen molar-refractivity contribution in [2.24, 2.45) is 0 Å². The van der Waals surface area contributed by atoms with Gasteiger partial charge in [-0.25, -0.2) is 0 Å². The summed E-state index contributed by atoms with van der Waals surface area (Å²) in [5.41, 5.74) is -2.21. The van der Waals surface area contributed by atoms with E-state index in [0.717, 1.165) is 9.84 Å². The van der Waals surface area contributed by atoms with E-state index in [2.05, 4.69) is 11.3 Å². The van der Waals surface area contributed by atoms with Crippen LogP contribution in [0, 0.1) is 0 Å². The third-order valence-electron chi connectivity index (χ3n) is 3.72. The molecule has 1 rings (SSSR count). The Hall–Kier alpha value is -1.61. The zero-order chi connectivity index (χ0) is 24.0. The van der Waals surface area contributed by atoms with Crippen LogP contribution >= 0.6 is 0 Å². The molecule has 1 atom stereocenters. The maximum atomic E-state index is 13.0. The molecule has 31 heavy (non-hydrogen) atoms. The Bertz CT molecular complexity index is 931. The van der Waals surface area contributed by atoms with E-state index < -0.39 is 73.2 Å². The first-order valence-corrected chi connectivity index (χ1v) is 13.6. The van der Waals surface area contributed by atoms with Crippen LogP contribution in [0.5, 0.6) is 0 Å². The van der Waals surface area contributed by atoms with Crippen molar-refractivity contribution in [2.75, 3.05) is 11.2 Å². The molecule has 0 aromatic heterocycles. The SMILES string of the molecule is C=C/C(=C\C(=C/CC(F)(F)F)NC(=O)C1=CC([I-]C)=CCC1NS(C)(=O)=O)C(F)(F)F. The fourth-order valence-corrected chi connectivity index (χ4v) is 4.47. The summed E-state index contributed by atoms with van der Waals surface area (Å²) < 4.78 is 103. The molecule has 13 heteroatoms. The van der Waals surface area contributed by atoms with Gasteiger partial charge in [0.05, 0.1) is 0 Å². The van der Waals surface area contributed by atoms with Crippen molar-refractivity contribution in [2.45, 2.75) is 31.2 Å². The van der Waals surface area contributed by atoms with Crippen LogP contribution in [-0.4, -0.2) is 43.9 Å². The molecule has 176 valence electrons. The van der Waals surface area contributed by atoms with Crippen molar-refractivity contribution in [3.05, 3.63) is 57.4 Å². The van der Waals surface area contributed by atoms with Crippen molar-refractivity contribution in [3.63, 3.8) is 0 Å². The standard InChI is InChI=1S/C18H20F6IN2O3S/c1-4-11(18(22,23)24)9-13(7-8-17(19,20)21)26-16(28)14-10-12(25-2)5-6-15(14)27-31(3,29)30/h4-5,7,9-10,15,27H,1,6,8H2,2-3H3,(H,26,28)/q-1/b11-9+,13-7+. The topological polar surface area (TPSA) is 75.3 Å². The van der Waals surface area contributed by atoms with Crippen molar-refractivity contribution in [1.29, 1.82) is 0 Å². The first-order valence-electron chi connectivity index (χ1n) is 8.44. The molecule has 5 nitrogen and oxygen atoms in total. The second-order valence-corrected chi connectivity index (χ2v) is 10.4. The molecule has 1 unspecified atom stereocenters. The second kappa shape index (κ2) is 10.8. The number of amides is 1. The van der Waals surface area contributed by atoms with Gasteiger partial charge in [-0.15, -0.1) is 0 Å². The van der Waals surface area contributed by atoms with E-state index in [0.29, 0.717) is 18.2 Å². The van der Waals surface area contributed by atoms with Gasteiger partial charge in [0.1, 0.15) is 0 Å². The summed E-state index contributed by atoms with van der Waals surface area (Å²) in [7, 11) is -3.74. The van der Waals surface area contributed by atoms with E-state index in [1.807, 2.05) is 10.2 Å². The van der Waals surface area contributed by atoms with E-state index in [1.165, 1.54) is 6.08 Å². The van der Waals surface area contributed by atoms with Gasteiger partial charge in [0.2, 0.25) is 0 Å². The Balaban J connectivity index is 3.34. The second-order valence-electron chi connectivity index (χ2n) is 6.29. The van der Waals surface area contributed by atoms with E-state index in [9.17, 15) is 39.6 Å². The van der Waals surface area contributed by atoms with Gasteiger partial charge in [-0.05, 0) is 0 Å². The average molecular weight is 585 g/mol. The monoisotopic (exact) mass is 585 g/mol. The Morgan fingerprint density at radius 3 is 2.35 bits per heavy atom. The molecule has 0 radical (unpaired) electrons. The number of rotatable bonds is 8. The molecule has 1 amide bonds. The first-order chi connectivity index (χ1) is 14.1. The summed E-state index contributed by atoms with van der Waals surface area (Å²) in [6, 6.07) is -1.01. The normalized spacial score (nSPS) is 19.0. The Morgan fingerprint density at radius 2 is 1.90 bits per heavy atom. The minimum absolute atomic E-state index is 0.108. The van der Waals surface area contributed by atoms with Crippen LogP contribution in [0.25, 0.3) is 0 Å². The fourth-order valence-electron chi connectivity index (χ4n) is 2.39. The van der Waals surface area contributed by atoms with E-state index >= 15 is 0 Å². The molecule has 0 saturated heterocycles. The summed E-state index contributed by atoms with van der Waals surface area (Å²) >= 11 is -0.507. The number of hydrogen-bond donors (Lipinski definition) is 2. The average Bonchev–Trinajstić information content (AvgIpc) is 2.61. The zero-order valence-electron chi connectivity index (χ0n) is 16.4. The van der Waals surface area contributed by atoms with Crippen molar-refractivity contribution >= 4 is 15.9 Å². The maximum absolute atomic E-state index is 13.0. The number of carbonyl (C=O) groups is 1. The molecule has 2 N–H and O–H groups in total. The predicted molar refractivity (Wildman–Crippen MR) is 99.7 cm³/mol. The van der Waals surface area contributed by atoms with Gasteiger partial charge in [0, 0.05) is 0 Å². The van der Waals surface area contributed by atoms with E-state index in [1.54, 1.807) is 6.08 Å². The van der Waals surface area contributed by atoms with E-state index in [4.69, 9.17) is 0 Å². The van der Waals surface area contributed by atoms with Crippen LogP contribution in [0.3, 0.4) is 0 Å². The Morgan fingerprint density at radius 1 is 1.29 bits per heavy atom. The molecule has 1 aliphatic rings. The summed E-state index contributed by atoms with van der Waals surface area (Å²) in [5.74, 6) is -1.01. The van der Waals surface area contributed by atoms with Crippen molar-refractivity contribution < 1.29 is 60.8 Å². The number of nitrogens with one attached hydrogen (secondary N) is 2. The number of halogens is 7. The first kappa shape index (κ1) is 27.4. The number of carbonyl (C=O) groups excluding carboxylic acids is 1. The predicted octanol–water partition coefficient (Wildman–Crippen LogP) is 0.464. The molecule has 0 bridgehead atoms. The Kier molecular flexibility index (Phi) is 9.56. The number of allylic oxidation sites excluding steroid dienone is 6.